The Kier molecular flexibility index (Phi) is 2.35. The molecule has 2 N–H and O–H groups in total. The maximum atomic E-state index is 12.1. The van der Waals surface area contributed by atoms with Crippen molar-refractivity contribution in [2.75, 3.05) is 0 Å². The normalized spacial score (nSPS) is 22.4. The first kappa shape index (κ1) is 11.0. The minimum absolute atomic E-state index is 0.0355. The van der Waals surface area contributed by atoms with Crippen molar-refractivity contribution in [1.29, 1.82) is 0 Å². The minimum Gasteiger partial charge on any atom is -0.353 e. The first-order valence-corrected chi connectivity index (χ1v) is 7.30. The Morgan fingerprint density at radius 2 is 2.16 bits per heavy atom. The second kappa shape index (κ2) is 4.06. The van der Waals surface area contributed by atoms with Crippen LogP contribution in [0.2, 0.25) is 0 Å². The van der Waals surface area contributed by atoms with E-state index in [9.17, 15) is 4.79 Å². The van der Waals surface area contributed by atoms with Crippen LogP contribution in [0.3, 0.4) is 0 Å². The molecular formula is C14H13N3OS. The van der Waals surface area contributed by atoms with Gasteiger partial charge >= 0.3 is 0 Å². The Balaban J connectivity index is 1.70. The molecule has 2 aromatic rings. The molecule has 1 aliphatic carbocycles. The number of aliphatic imine (C=N–C) groups is 1. The molecule has 1 saturated carbocycles. The van der Waals surface area contributed by atoms with Gasteiger partial charge in [-0.05, 0) is 29.7 Å². The molecule has 4 nitrogen and oxygen atoms in total. The van der Waals surface area contributed by atoms with E-state index in [1.165, 1.54) is 17.5 Å². The van der Waals surface area contributed by atoms with Gasteiger partial charge in [-0.1, -0.05) is 18.2 Å². The lowest BCUT2D eigenvalue weighted by Crippen LogP contribution is -2.37. The van der Waals surface area contributed by atoms with Gasteiger partial charge in [0.05, 0.1) is 0 Å². The van der Waals surface area contributed by atoms with Crippen LogP contribution in [0.15, 0.2) is 34.6 Å². The molecule has 1 amide bonds. The summed E-state index contributed by atoms with van der Waals surface area (Å²) in [6, 6.07) is 8.23. The Morgan fingerprint density at radius 1 is 1.32 bits per heavy atom. The lowest BCUT2D eigenvalue weighted by molar-refractivity contribution is -0.120. The largest absolute Gasteiger partial charge is 0.353 e. The summed E-state index contributed by atoms with van der Waals surface area (Å²) in [4.78, 5) is 16.6. The minimum atomic E-state index is -0.405. The number of nitrogens with zero attached hydrogens (tertiary/aromatic N) is 1. The van der Waals surface area contributed by atoms with Crippen LogP contribution in [0.4, 0.5) is 0 Å². The first-order valence-electron chi connectivity index (χ1n) is 6.42. The zero-order chi connectivity index (χ0) is 12.8. The number of carbonyl (C=O) groups is 1. The van der Waals surface area contributed by atoms with Crippen molar-refractivity contribution < 1.29 is 4.79 Å². The molecule has 1 atom stereocenters. The van der Waals surface area contributed by atoms with Gasteiger partial charge in [-0.15, -0.1) is 11.3 Å². The molecule has 0 saturated heterocycles. The van der Waals surface area contributed by atoms with Gasteiger partial charge in [-0.3, -0.25) is 10.1 Å². The molecular weight excluding hydrogens is 258 g/mol. The summed E-state index contributed by atoms with van der Waals surface area (Å²) >= 11 is 1.66. The monoisotopic (exact) mass is 271 g/mol. The molecule has 2 aliphatic rings. The van der Waals surface area contributed by atoms with E-state index in [2.05, 4.69) is 27.8 Å². The summed E-state index contributed by atoms with van der Waals surface area (Å²) in [5.41, 5.74) is 1.01. The standard InChI is InChI=1S/C14H13N3OS/c18-13-12(16-14(17-13)15-8-5-6-8)10-7-19-11-4-2-1-3-9(10)11/h1-4,7-8,12H,5-6H2,(H2,15,16,17,18). The smallest absolute Gasteiger partial charge is 0.256 e. The van der Waals surface area contributed by atoms with Gasteiger partial charge in [-0.2, -0.15) is 0 Å². The average Bonchev–Trinajstić information content (AvgIpc) is 3.00. The molecule has 1 aromatic carbocycles. The Bertz CT molecular complexity index is 687. The summed E-state index contributed by atoms with van der Waals surface area (Å²) in [6.07, 6.45) is 2.34. The Morgan fingerprint density at radius 3 is 3.00 bits per heavy atom. The van der Waals surface area contributed by atoms with Crippen LogP contribution in [0.5, 0.6) is 0 Å². The van der Waals surface area contributed by atoms with Crippen LogP contribution in [-0.2, 0) is 4.79 Å². The van der Waals surface area contributed by atoms with E-state index in [0.29, 0.717) is 12.0 Å². The Labute approximate surface area is 114 Å². The zero-order valence-corrected chi connectivity index (χ0v) is 11.0. The predicted molar refractivity (Wildman–Crippen MR) is 76.3 cm³/mol. The van der Waals surface area contributed by atoms with Crippen molar-refractivity contribution in [2.45, 2.75) is 24.9 Å². The number of rotatable bonds is 2. The molecule has 0 radical (unpaired) electrons. The van der Waals surface area contributed by atoms with Crippen LogP contribution in [-0.4, -0.2) is 17.9 Å². The van der Waals surface area contributed by atoms with E-state index in [0.717, 1.165) is 10.9 Å². The van der Waals surface area contributed by atoms with Crippen molar-refractivity contribution >= 4 is 33.3 Å². The van der Waals surface area contributed by atoms with Gasteiger partial charge in [0.25, 0.3) is 5.91 Å². The van der Waals surface area contributed by atoms with Crippen molar-refractivity contribution in [1.82, 2.24) is 10.6 Å². The highest BCUT2D eigenvalue weighted by Gasteiger charge is 2.32. The van der Waals surface area contributed by atoms with Gasteiger partial charge < -0.3 is 5.32 Å². The predicted octanol–water partition coefficient (Wildman–Crippen LogP) is 2.18. The number of benzene rings is 1. The fourth-order valence-corrected chi connectivity index (χ4v) is 3.30. The second-order valence-electron chi connectivity index (χ2n) is 4.98. The quantitative estimate of drug-likeness (QED) is 0.879. The van der Waals surface area contributed by atoms with Crippen molar-refractivity contribution in [2.24, 2.45) is 4.99 Å². The third kappa shape index (κ3) is 1.90. The highest BCUT2D eigenvalue weighted by Crippen LogP contribution is 2.33. The summed E-state index contributed by atoms with van der Waals surface area (Å²) in [5, 5.41) is 9.25. The van der Waals surface area contributed by atoms with Gasteiger partial charge in [0.2, 0.25) is 0 Å². The van der Waals surface area contributed by atoms with Crippen molar-refractivity contribution in [3.05, 3.63) is 35.2 Å². The number of hydrogen-bond donors (Lipinski definition) is 2. The lowest BCUT2D eigenvalue weighted by atomic mass is 10.1. The van der Waals surface area contributed by atoms with Crippen LogP contribution < -0.4 is 10.6 Å². The highest BCUT2D eigenvalue weighted by atomic mass is 32.1. The fraction of sp³-hybridized carbons (Fsp3) is 0.286. The van der Waals surface area contributed by atoms with E-state index in [-0.39, 0.29) is 5.91 Å². The van der Waals surface area contributed by atoms with Gasteiger partial charge in [-0.25, -0.2) is 4.99 Å². The molecule has 2 heterocycles. The van der Waals surface area contributed by atoms with Gasteiger partial charge in [0.15, 0.2) is 12.0 Å². The summed E-state index contributed by atoms with van der Waals surface area (Å²) in [6.45, 7) is 0. The molecule has 0 spiro atoms. The first-order chi connectivity index (χ1) is 9.31. The van der Waals surface area contributed by atoms with E-state index in [1.807, 2.05) is 17.5 Å². The number of hydrogen-bond acceptors (Lipinski definition) is 4. The maximum Gasteiger partial charge on any atom is 0.256 e. The zero-order valence-electron chi connectivity index (χ0n) is 10.2. The third-order valence-corrected chi connectivity index (χ3v) is 4.45. The van der Waals surface area contributed by atoms with Crippen LogP contribution in [0.25, 0.3) is 10.1 Å². The van der Waals surface area contributed by atoms with Gasteiger partial charge in [0.1, 0.15) is 0 Å². The van der Waals surface area contributed by atoms with E-state index < -0.39 is 6.04 Å². The molecule has 19 heavy (non-hydrogen) atoms. The number of amides is 1. The number of nitrogens with one attached hydrogen (secondary N) is 2. The van der Waals surface area contributed by atoms with Crippen LogP contribution >= 0.6 is 11.3 Å². The number of fused-ring (bicyclic) bond motifs is 1. The lowest BCUT2D eigenvalue weighted by Gasteiger charge is -2.02. The van der Waals surface area contributed by atoms with Crippen LogP contribution in [0, 0.1) is 0 Å². The Hall–Kier alpha value is -1.88. The third-order valence-electron chi connectivity index (χ3n) is 3.47. The maximum absolute atomic E-state index is 12.1. The summed E-state index contributed by atoms with van der Waals surface area (Å²) in [5.74, 6) is 0.597. The molecule has 0 bridgehead atoms. The molecule has 1 unspecified atom stereocenters. The van der Waals surface area contributed by atoms with E-state index in [4.69, 9.17) is 0 Å². The van der Waals surface area contributed by atoms with E-state index in [1.54, 1.807) is 11.3 Å². The summed E-state index contributed by atoms with van der Waals surface area (Å²) < 4.78 is 1.20. The molecule has 1 aromatic heterocycles. The second-order valence-corrected chi connectivity index (χ2v) is 5.89. The average molecular weight is 271 g/mol. The van der Waals surface area contributed by atoms with Crippen LogP contribution in [0.1, 0.15) is 24.4 Å². The highest BCUT2D eigenvalue weighted by molar-refractivity contribution is 7.17. The number of carbonyl (C=O) groups excluding carboxylic acids is 1. The van der Waals surface area contributed by atoms with Crippen molar-refractivity contribution in [3.8, 4) is 0 Å². The summed E-state index contributed by atoms with van der Waals surface area (Å²) in [7, 11) is 0. The van der Waals surface area contributed by atoms with E-state index >= 15 is 0 Å². The molecule has 4 rings (SSSR count). The SMILES string of the molecule is O=C1NC(NC2CC2)=NC1c1csc2ccccc12. The number of guanidine groups is 1. The van der Waals surface area contributed by atoms with Gasteiger partial charge in [0, 0.05) is 16.3 Å². The molecule has 96 valence electrons. The number of thiophene rings is 1. The molecule has 5 heteroatoms. The fourth-order valence-electron chi connectivity index (χ4n) is 2.32. The topological polar surface area (TPSA) is 53.5 Å². The van der Waals surface area contributed by atoms with Crippen molar-refractivity contribution in [3.63, 3.8) is 0 Å². The molecule has 1 fully saturated rings. The molecule has 1 aliphatic heterocycles.